The summed E-state index contributed by atoms with van der Waals surface area (Å²) >= 11 is 1.25. The molecule has 1 N–H and O–H groups in total. The lowest BCUT2D eigenvalue weighted by atomic mass is 10.1. The molecular weight excluding hydrogens is 397 g/mol. The van der Waals surface area contributed by atoms with Crippen molar-refractivity contribution in [2.75, 3.05) is 11.9 Å². The molecule has 1 amide bonds. The van der Waals surface area contributed by atoms with Gasteiger partial charge in [0.25, 0.3) is 5.56 Å². The molecule has 0 atom stereocenters. The summed E-state index contributed by atoms with van der Waals surface area (Å²) in [5, 5.41) is 2.85. The van der Waals surface area contributed by atoms with Crippen molar-refractivity contribution in [2.24, 2.45) is 0 Å². The van der Waals surface area contributed by atoms with Crippen LogP contribution in [0.4, 0.5) is 18.2 Å². The third-order valence-electron chi connectivity index (χ3n) is 4.28. The third kappa shape index (κ3) is 4.11. The quantitative estimate of drug-likeness (QED) is 0.762. The van der Waals surface area contributed by atoms with E-state index in [1.54, 1.807) is 6.92 Å². The van der Waals surface area contributed by atoms with Gasteiger partial charge in [-0.15, -0.1) is 11.3 Å². The third-order valence-corrected chi connectivity index (χ3v) is 5.49. The number of thiophene rings is 1. The molecule has 0 bridgehead atoms. The number of halogens is 3. The molecule has 0 radical (unpaired) electrons. The number of carbonyl (C=O) groups excluding carboxylic acids is 2. The Morgan fingerprint density at radius 1 is 1.29 bits per heavy atom. The molecule has 2 aromatic heterocycles. The smallest absolute Gasteiger partial charge is 0.417 e. The molecule has 10 heteroatoms. The SMILES string of the molecule is CCOC(=O)c1c(NC(=O)Cn2cc(C(F)(F)F)ccc2=O)sc2c1CCC2. The van der Waals surface area contributed by atoms with Crippen LogP contribution in [-0.4, -0.2) is 23.1 Å². The molecule has 28 heavy (non-hydrogen) atoms. The normalized spacial score (nSPS) is 13.3. The Kier molecular flexibility index (Phi) is 5.59. The van der Waals surface area contributed by atoms with Crippen LogP contribution in [0.3, 0.4) is 0 Å². The molecule has 0 spiro atoms. The van der Waals surface area contributed by atoms with Crippen LogP contribution in [0.1, 0.15) is 39.7 Å². The monoisotopic (exact) mass is 414 g/mol. The second-order valence-corrected chi connectivity index (χ2v) is 7.32. The lowest BCUT2D eigenvalue weighted by Gasteiger charge is -2.11. The number of nitrogens with one attached hydrogen (secondary N) is 1. The zero-order chi connectivity index (χ0) is 20.5. The molecule has 2 aromatic rings. The van der Waals surface area contributed by atoms with Gasteiger partial charge in [-0.1, -0.05) is 0 Å². The highest BCUT2D eigenvalue weighted by Crippen LogP contribution is 2.39. The van der Waals surface area contributed by atoms with Gasteiger partial charge in [-0.3, -0.25) is 9.59 Å². The fraction of sp³-hybridized carbons (Fsp3) is 0.389. The van der Waals surface area contributed by atoms with Crippen LogP contribution in [-0.2, 0) is 35.1 Å². The molecule has 0 unspecified atom stereocenters. The summed E-state index contributed by atoms with van der Waals surface area (Å²) in [4.78, 5) is 37.4. The van der Waals surface area contributed by atoms with Gasteiger partial charge in [0.1, 0.15) is 11.5 Å². The minimum atomic E-state index is -4.63. The fourth-order valence-corrected chi connectivity index (χ4v) is 4.35. The number of esters is 1. The molecule has 1 aliphatic rings. The summed E-state index contributed by atoms with van der Waals surface area (Å²) in [5.74, 6) is -1.25. The minimum absolute atomic E-state index is 0.177. The van der Waals surface area contributed by atoms with Crippen molar-refractivity contribution in [3.63, 3.8) is 0 Å². The molecule has 0 saturated carbocycles. The molecule has 0 aromatic carbocycles. The number of anilines is 1. The number of aromatic nitrogens is 1. The summed E-state index contributed by atoms with van der Waals surface area (Å²) < 4.78 is 44.2. The van der Waals surface area contributed by atoms with E-state index in [9.17, 15) is 27.6 Å². The maximum atomic E-state index is 12.8. The number of alkyl halides is 3. The molecule has 3 rings (SSSR count). The summed E-state index contributed by atoms with van der Waals surface area (Å²) in [7, 11) is 0. The lowest BCUT2D eigenvalue weighted by Crippen LogP contribution is -2.28. The molecule has 2 heterocycles. The number of carbonyl (C=O) groups is 2. The van der Waals surface area contributed by atoms with Gasteiger partial charge in [-0.05, 0) is 37.8 Å². The highest BCUT2D eigenvalue weighted by Gasteiger charge is 2.31. The van der Waals surface area contributed by atoms with Crippen molar-refractivity contribution in [2.45, 2.75) is 38.9 Å². The Morgan fingerprint density at radius 3 is 2.71 bits per heavy atom. The van der Waals surface area contributed by atoms with Crippen molar-refractivity contribution < 1.29 is 27.5 Å². The summed E-state index contributed by atoms with van der Waals surface area (Å²) in [6.07, 6.45) is -1.64. The van der Waals surface area contributed by atoms with Gasteiger partial charge >= 0.3 is 12.1 Å². The largest absolute Gasteiger partial charge is 0.462 e. The Balaban J connectivity index is 1.83. The molecule has 150 valence electrons. The van der Waals surface area contributed by atoms with Crippen molar-refractivity contribution in [1.82, 2.24) is 4.57 Å². The Hall–Kier alpha value is -2.62. The van der Waals surface area contributed by atoms with Gasteiger partial charge < -0.3 is 14.6 Å². The second kappa shape index (κ2) is 7.78. The van der Waals surface area contributed by atoms with Crippen LogP contribution in [0.2, 0.25) is 0 Å². The van der Waals surface area contributed by atoms with Gasteiger partial charge in [-0.2, -0.15) is 13.2 Å². The molecular formula is C18H17F3N2O4S. The van der Waals surface area contributed by atoms with Crippen LogP contribution in [0.5, 0.6) is 0 Å². The topological polar surface area (TPSA) is 77.4 Å². The predicted octanol–water partition coefficient (Wildman–Crippen LogP) is 3.23. The number of fused-ring (bicyclic) bond motifs is 1. The number of amides is 1. The van der Waals surface area contributed by atoms with Crippen LogP contribution < -0.4 is 10.9 Å². The summed E-state index contributed by atoms with van der Waals surface area (Å²) in [5.41, 5.74) is -0.622. The number of nitrogens with zero attached hydrogens (tertiary/aromatic N) is 1. The fourth-order valence-electron chi connectivity index (χ4n) is 3.05. The molecule has 0 aliphatic heterocycles. The van der Waals surface area contributed by atoms with Gasteiger partial charge in [0.15, 0.2) is 0 Å². The Labute approximate surface area is 161 Å². The number of aryl methyl sites for hydroxylation is 1. The highest BCUT2D eigenvalue weighted by atomic mass is 32.1. The lowest BCUT2D eigenvalue weighted by molar-refractivity contribution is -0.138. The molecule has 0 saturated heterocycles. The summed E-state index contributed by atoms with van der Waals surface area (Å²) in [6.45, 7) is 1.24. The number of pyridine rings is 1. The van der Waals surface area contributed by atoms with E-state index < -0.39 is 35.7 Å². The number of hydrogen-bond donors (Lipinski definition) is 1. The molecule has 6 nitrogen and oxygen atoms in total. The van der Waals surface area contributed by atoms with Crippen molar-refractivity contribution in [3.8, 4) is 0 Å². The van der Waals surface area contributed by atoms with Crippen molar-refractivity contribution >= 4 is 28.2 Å². The summed E-state index contributed by atoms with van der Waals surface area (Å²) in [6, 6.07) is 1.43. The van der Waals surface area contributed by atoms with E-state index in [1.165, 1.54) is 11.3 Å². The predicted molar refractivity (Wildman–Crippen MR) is 96.6 cm³/mol. The van der Waals surface area contributed by atoms with E-state index in [-0.39, 0.29) is 6.61 Å². The van der Waals surface area contributed by atoms with Crippen molar-refractivity contribution in [1.29, 1.82) is 0 Å². The molecule has 1 aliphatic carbocycles. The van der Waals surface area contributed by atoms with Gasteiger partial charge in [0.2, 0.25) is 5.91 Å². The number of rotatable bonds is 5. The van der Waals surface area contributed by atoms with E-state index in [1.807, 2.05) is 0 Å². The maximum Gasteiger partial charge on any atom is 0.417 e. The minimum Gasteiger partial charge on any atom is -0.462 e. The zero-order valence-corrected chi connectivity index (χ0v) is 15.7. The first-order valence-corrected chi connectivity index (χ1v) is 9.41. The van der Waals surface area contributed by atoms with E-state index >= 15 is 0 Å². The van der Waals surface area contributed by atoms with Gasteiger partial charge in [0.05, 0.1) is 17.7 Å². The molecule has 0 fully saturated rings. The van der Waals surface area contributed by atoms with Crippen LogP contribution >= 0.6 is 11.3 Å². The first-order chi connectivity index (χ1) is 13.2. The average Bonchev–Trinajstić information content (AvgIpc) is 3.16. The Bertz CT molecular complexity index is 978. The maximum absolute atomic E-state index is 12.8. The Morgan fingerprint density at radius 2 is 2.04 bits per heavy atom. The first-order valence-electron chi connectivity index (χ1n) is 8.60. The average molecular weight is 414 g/mol. The standard InChI is InChI=1S/C18H17F3N2O4S/c1-2-27-17(26)15-11-4-3-5-12(11)28-16(15)22-13(24)9-23-8-10(18(19,20)21)6-7-14(23)25/h6-8H,2-5,9H2,1H3,(H,22,24). The number of ether oxygens (including phenoxy) is 1. The zero-order valence-electron chi connectivity index (χ0n) is 14.9. The number of hydrogen-bond acceptors (Lipinski definition) is 5. The van der Waals surface area contributed by atoms with E-state index in [0.717, 1.165) is 29.3 Å². The highest BCUT2D eigenvalue weighted by molar-refractivity contribution is 7.17. The van der Waals surface area contributed by atoms with Crippen molar-refractivity contribution in [3.05, 3.63) is 50.3 Å². The van der Waals surface area contributed by atoms with Gasteiger partial charge in [-0.25, -0.2) is 4.79 Å². The second-order valence-electron chi connectivity index (χ2n) is 6.21. The first kappa shape index (κ1) is 20.1. The van der Waals surface area contributed by atoms with Crippen LogP contribution in [0.25, 0.3) is 0 Å². The van der Waals surface area contributed by atoms with Gasteiger partial charge in [0, 0.05) is 17.1 Å². The van der Waals surface area contributed by atoms with E-state index in [4.69, 9.17) is 4.74 Å². The van der Waals surface area contributed by atoms with Crippen LogP contribution in [0, 0.1) is 0 Å². The van der Waals surface area contributed by atoms with E-state index in [0.29, 0.717) is 33.8 Å². The van der Waals surface area contributed by atoms with E-state index in [2.05, 4.69) is 5.32 Å². The van der Waals surface area contributed by atoms with Crippen LogP contribution in [0.15, 0.2) is 23.1 Å².